The summed E-state index contributed by atoms with van der Waals surface area (Å²) in [4.78, 5) is 0.149. The second-order valence-electron chi connectivity index (χ2n) is 6.66. The van der Waals surface area contributed by atoms with Gasteiger partial charge in [-0.2, -0.15) is 8.42 Å². The lowest BCUT2D eigenvalue weighted by Crippen LogP contribution is -2.33. The van der Waals surface area contributed by atoms with Gasteiger partial charge in [-0.05, 0) is 24.6 Å². The standard InChI is InChI=1S/C20H24O5S/c1-15-8-10-18(11-9-15)26(21,22)25-14-19-20(16(2)12-23-19)24-13-17-6-4-3-5-7-17/h3-11,16,19-20H,12-14H2,1-2H3/t16-,19-,20+/m0/s1. The minimum atomic E-state index is -3.81. The second kappa shape index (κ2) is 8.31. The van der Waals surface area contributed by atoms with Crippen LogP contribution < -0.4 is 0 Å². The highest BCUT2D eigenvalue weighted by Gasteiger charge is 2.36. The van der Waals surface area contributed by atoms with E-state index in [0.717, 1.165) is 11.1 Å². The third kappa shape index (κ3) is 4.71. The molecule has 26 heavy (non-hydrogen) atoms. The maximum absolute atomic E-state index is 12.3. The van der Waals surface area contributed by atoms with Crippen molar-refractivity contribution in [3.05, 3.63) is 65.7 Å². The first kappa shape index (κ1) is 19.0. The zero-order valence-corrected chi connectivity index (χ0v) is 15.8. The highest BCUT2D eigenvalue weighted by molar-refractivity contribution is 7.86. The Kier molecular flexibility index (Phi) is 6.09. The summed E-state index contributed by atoms with van der Waals surface area (Å²) in [6, 6.07) is 16.5. The fraction of sp³-hybridized carbons (Fsp3) is 0.400. The molecule has 3 rings (SSSR count). The highest BCUT2D eigenvalue weighted by atomic mass is 32.2. The van der Waals surface area contributed by atoms with E-state index in [1.54, 1.807) is 24.3 Å². The molecule has 0 N–H and O–H groups in total. The van der Waals surface area contributed by atoms with Crippen LogP contribution in [0.1, 0.15) is 18.1 Å². The molecule has 1 fully saturated rings. The lowest BCUT2D eigenvalue weighted by molar-refractivity contribution is -0.0407. The van der Waals surface area contributed by atoms with Crippen molar-refractivity contribution >= 4 is 10.1 Å². The number of ether oxygens (including phenoxy) is 2. The van der Waals surface area contributed by atoms with Crippen LogP contribution in [0.3, 0.4) is 0 Å². The molecule has 2 aromatic rings. The summed E-state index contributed by atoms with van der Waals surface area (Å²) in [5, 5.41) is 0. The molecule has 6 heteroatoms. The molecule has 1 aliphatic rings. The van der Waals surface area contributed by atoms with Crippen LogP contribution in [0, 0.1) is 12.8 Å². The zero-order chi connectivity index (χ0) is 18.6. The molecule has 1 heterocycles. The van der Waals surface area contributed by atoms with Gasteiger partial charge in [-0.15, -0.1) is 0 Å². The van der Waals surface area contributed by atoms with Crippen molar-refractivity contribution in [2.24, 2.45) is 5.92 Å². The summed E-state index contributed by atoms with van der Waals surface area (Å²) in [5.74, 6) is 0.175. The predicted octanol–water partition coefficient (Wildman–Crippen LogP) is 3.32. The molecule has 2 aromatic carbocycles. The minimum absolute atomic E-state index is 0.0555. The van der Waals surface area contributed by atoms with Crippen molar-refractivity contribution < 1.29 is 22.1 Å². The summed E-state index contributed by atoms with van der Waals surface area (Å²) in [6.45, 7) is 4.86. The van der Waals surface area contributed by atoms with Crippen molar-refractivity contribution in [3.8, 4) is 0 Å². The topological polar surface area (TPSA) is 61.8 Å². The van der Waals surface area contributed by atoms with Gasteiger partial charge in [-0.25, -0.2) is 0 Å². The number of benzene rings is 2. The largest absolute Gasteiger partial charge is 0.373 e. The Labute approximate surface area is 155 Å². The van der Waals surface area contributed by atoms with Crippen molar-refractivity contribution in [3.63, 3.8) is 0 Å². The first-order valence-corrected chi connectivity index (χ1v) is 10.1. The zero-order valence-electron chi connectivity index (χ0n) is 15.0. The number of hydrogen-bond donors (Lipinski definition) is 0. The first-order valence-electron chi connectivity index (χ1n) is 8.69. The molecule has 140 valence electrons. The molecule has 0 amide bonds. The Bertz CT molecular complexity index is 802. The van der Waals surface area contributed by atoms with E-state index < -0.39 is 16.2 Å². The van der Waals surface area contributed by atoms with Crippen LogP contribution in [0.4, 0.5) is 0 Å². The van der Waals surface area contributed by atoms with E-state index in [9.17, 15) is 8.42 Å². The first-order chi connectivity index (χ1) is 12.5. The molecule has 0 aromatic heterocycles. The number of hydrogen-bond acceptors (Lipinski definition) is 5. The summed E-state index contributed by atoms with van der Waals surface area (Å²) >= 11 is 0. The van der Waals surface area contributed by atoms with E-state index >= 15 is 0 Å². The Morgan fingerprint density at radius 2 is 1.77 bits per heavy atom. The van der Waals surface area contributed by atoms with E-state index in [4.69, 9.17) is 13.7 Å². The molecule has 3 atom stereocenters. The molecule has 0 spiro atoms. The molecule has 1 aliphatic heterocycles. The van der Waals surface area contributed by atoms with Gasteiger partial charge < -0.3 is 9.47 Å². The smallest absolute Gasteiger partial charge is 0.297 e. The van der Waals surface area contributed by atoms with Crippen molar-refractivity contribution in [1.29, 1.82) is 0 Å². The predicted molar refractivity (Wildman–Crippen MR) is 98.2 cm³/mol. The Morgan fingerprint density at radius 3 is 2.46 bits per heavy atom. The fourth-order valence-electron chi connectivity index (χ4n) is 2.94. The normalized spacial score (nSPS) is 23.2. The summed E-state index contributed by atoms with van der Waals surface area (Å²) in [6.07, 6.45) is -0.614. The molecule has 5 nitrogen and oxygen atoms in total. The van der Waals surface area contributed by atoms with Crippen LogP contribution in [-0.4, -0.2) is 33.8 Å². The molecule has 0 bridgehead atoms. The van der Waals surface area contributed by atoms with Crippen LogP contribution in [0.25, 0.3) is 0 Å². The van der Waals surface area contributed by atoms with E-state index in [1.165, 1.54) is 0 Å². The molecule has 0 aliphatic carbocycles. The van der Waals surface area contributed by atoms with Gasteiger partial charge >= 0.3 is 0 Å². The van der Waals surface area contributed by atoms with E-state index in [2.05, 4.69) is 0 Å². The van der Waals surface area contributed by atoms with Crippen LogP contribution in [0.15, 0.2) is 59.5 Å². The molecule has 0 radical (unpaired) electrons. The Morgan fingerprint density at radius 1 is 1.08 bits per heavy atom. The third-order valence-electron chi connectivity index (χ3n) is 4.48. The third-order valence-corrected chi connectivity index (χ3v) is 5.78. The van der Waals surface area contributed by atoms with E-state index in [0.29, 0.717) is 13.2 Å². The lowest BCUT2D eigenvalue weighted by atomic mass is 10.0. The van der Waals surface area contributed by atoms with Crippen molar-refractivity contribution in [2.45, 2.75) is 37.6 Å². The SMILES string of the molecule is Cc1ccc(S(=O)(=O)OC[C@@H]2OC[C@H](C)[C@H]2OCc2ccccc2)cc1. The molecular weight excluding hydrogens is 352 g/mol. The van der Waals surface area contributed by atoms with E-state index in [-0.39, 0.29) is 23.5 Å². The summed E-state index contributed by atoms with van der Waals surface area (Å²) < 4.78 is 41.6. The van der Waals surface area contributed by atoms with Gasteiger partial charge in [-0.1, -0.05) is 55.0 Å². The molecule has 1 saturated heterocycles. The van der Waals surface area contributed by atoms with Crippen LogP contribution in [0.5, 0.6) is 0 Å². The average Bonchev–Trinajstić information content (AvgIpc) is 2.99. The molecule has 0 unspecified atom stereocenters. The second-order valence-corrected chi connectivity index (χ2v) is 8.28. The van der Waals surface area contributed by atoms with Gasteiger partial charge in [0.1, 0.15) is 6.10 Å². The van der Waals surface area contributed by atoms with Gasteiger partial charge in [0.2, 0.25) is 0 Å². The van der Waals surface area contributed by atoms with Crippen LogP contribution in [-0.2, 0) is 30.4 Å². The highest BCUT2D eigenvalue weighted by Crippen LogP contribution is 2.26. The average molecular weight is 376 g/mol. The number of aryl methyl sites for hydroxylation is 1. The van der Waals surface area contributed by atoms with Crippen LogP contribution >= 0.6 is 0 Å². The van der Waals surface area contributed by atoms with E-state index in [1.807, 2.05) is 44.2 Å². The van der Waals surface area contributed by atoms with Crippen LogP contribution in [0.2, 0.25) is 0 Å². The maximum atomic E-state index is 12.3. The van der Waals surface area contributed by atoms with Gasteiger partial charge in [0.05, 0.1) is 30.8 Å². The Hall–Kier alpha value is -1.73. The summed E-state index contributed by atoms with van der Waals surface area (Å²) in [7, 11) is -3.81. The Balaban J connectivity index is 1.60. The quantitative estimate of drug-likeness (QED) is 0.694. The van der Waals surface area contributed by atoms with Gasteiger partial charge in [0, 0.05) is 5.92 Å². The van der Waals surface area contributed by atoms with Gasteiger partial charge in [0.25, 0.3) is 10.1 Å². The number of rotatable bonds is 7. The van der Waals surface area contributed by atoms with Gasteiger partial charge in [0.15, 0.2) is 0 Å². The maximum Gasteiger partial charge on any atom is 0.297 e. The lowest BCUT2D eigenvalue weighted by Gasteiger charge is -2.21. The fourth-order valence-corrected chi connectivity index (χ4v) is 3.86. The van der Waals surface area contributed by atoms with Crippen molar-refractivity contribution in [1.82, 2.24) is 0 Å². The minimum Gasteiger partial charge on any atom is -0.373 e. The van der Waals surface area contributed by atoms with Crippen molar-refractivity contribution in [2.75, 3.05) is 13.2 Å². The van der Waals surface area contributed by atoms with Gasteiger partial charge in [-0.3, -0.25) is 4.18 Å². The monoisotopic (exact) mass is 376 g/mol. The summed E-state index contributed by atoms with van der Waals surface area (Å²) in [5.41, 5.74) is 2.06. The molecule has 0 saturated carbocycles. The molecular formula is C20H24O5S.